The molecular formula is C17H10Br2F6O4. The molecule has 0 aliphatic heterocycles. The summed E-state index contributed by atoms with van der Waals surface area (Å²) in [5.74, 6) is -4.95. The molecule has 4 nitrogen and oxygen atoms in total. The van der Waals surface area contributed by atoms with Gasteiger partial charge >= 0.3 is 11.9 Å². The standard InChI is InChI=1S/C9H6BrF3O2.C8H4BrF3O2/c1-15-9(14)4-2-3-5(10)7(11)6(4)8(12)13;9-4-2-1-3(8(13)14)5(6(4)10)7(11)12/h2-3,8H,1H3;1-2,7H,(H,13,14). The number of carboxylic acids is 1. The maximum absolute atomic E-state index is 13.3. The van der Waals surface area contributed by atoms with Gasteiger partial charge in [0.15, 0.2) is 0 Å². The zero-order chi connectivity index (χ0) is 22.5. The molecule has 0 saturated heterocycles. The van der Waals surface area contributed by atoms with E-state index in [0.29, 0.717) is 0 Å². The summed E-state index contributed by atoms with van der Waals surface area (Å²) in [6.07, 6.45) is -6.23. The summed E-state index contributed by atoms with van der Waals surface area (Å²) >= 11 is 5.46. The fourth-order valence-electron chi connectivity index (χ4n) is 2.03. The first-order valence-corrected chi connectivity index (χ1v) is 8.86. The van der Waals surface area contributed by atoms with Crippen LogP contribution in [0.15, 0.2) is 33.2 Å². The summed E-state index contributed by atoms with van der Waals surface area (Å²) < 4.78 is 79.9. The minimum atomic E-state index is -3.15. The van der Waals surface area contributed by atoms with Crippen LogP contribution >= 0.6 is 31.9 Å². The van der Waals surface area contributed by atoms with Gasteiger partial charge in [0.2, 0.25) is 0 Å². The number of esters is 1. The number of halogens is 8. The highest BCUT2D eigenvalue weighted by molar-refractivity contribution is 9.10. The fraction of sp³-hybridized carbons (Fsp3) is 0.176. The maximum Gasteiger partial charge on any atom is 0.338 e. The first-order valence-electron chi connectivity index (χ1n) is 7.27. The van der Waals surface area contributed by atoms with Gasteiger partial charge in [0.1, 0.15) is 11.6 Å². The second-order valence-corrected chi connectivity index (χ2v) is 6.75. The predicted octanol–water partition coefficient (Wildman–Crippen LogP) is 6.54. The minimum absolute atomic E-state index is 0.120. The minimum Gasteiger partial charge on any atom is -0.478 e. The van der Waals surface area contributed by atoms with E-state index in [1.54, 1.807) is 0 Å². The Labute approximate surface area is 176 Å². The topological polar surface area (TPSA) is 63.6 Å². The van der Waals surface area contributed by atoms with Crippen molar-refractivity contribution < 1.29 is 45.8 Å². The molecule has 0 aliphatic rings. The Morgan fingerprint density at radius 3 is 1.59 bits per heavy atom. The Hall–Kier alpha value is -2.08. The van der Waals surface area contributed by atoms with Crippen LogP contribution in [0.1, 0.15) is 44.7 Å². The highest BCUT2D eigenvalue weighted by Crippen LogP contribution is 2.31. The van der Waals surface area contributed by atoms with E-state index in [9.17, 15) is 35.9 Å². The first kappa shape index (κ1) is 25.0. The highest BCUT2D eigenvalue weighted by atomic mass is 79.9. The molecule has 0 unspecified atom stereocenters. The average Bonchev–Trinajstić information content (AvgIpc) is 2.64. The normalized spacial score (nSPS) is 10.6. The number of carbonyl (C=O) groups excluding carboxylic acids is 1. The van der Waals surface area contributed by atoms with Crippen LogP contribution in [0.3, 0.4) is 0 Å². The third-order valence-electron chi connectivity index (χ3n) is 3.34. The molecule has 158 valence electrons. The van der Waals surface area contributed by atoms with Crippen molar-refractivity contribution in [1.29, 1.82) is 0 Å². The van der Waals surface area contributed by atoms with Gasteiger partial charge in [0, 0.05) is 0 Å². The lowest BCUT2D eigenvalue weighted by Crippen LogP contribution is -2.08. The van der Waals surface area contributed by atoms with E-state index in [1.807, 2.05) is 0 Å². The van der Waals surface area contributed by atoms with Gasteiger partial charge in [-0.15, -0.1) is 0 Å². The Kier molecular flexibility index (Phi) is 9.14. The van der Waals surface area contributed by atoms with Gasteiger partial charge in [-0.2, -0.15) is 0 Å². The number of aromatic carboxylic acids is 1. The first-order chi connectivity index (χ1) is 13.4. The second-order valence-electron chi connectivity index (χ2n) is 5.04. The molecule has 0 fully saturated rings. The Morgan fingerprint density at radius 2 is 1.24 bits per heavy atom. The highest BCUT2D eigenvalue weighted by Gasteiger charge is 2.25. The fourth-order valence-corrected chi connectivity index (χ4v) is 2.73. The van der Waals surface area contributed by atoms with Crippen molar-refractivity contribution in [2.45, 2.75) is 12.9 Å². The lowest BCUT2D eigenvalue weighted by atomic mass is 10.1. The van der Waals surface area contributed by atoms with Crippen molar-refractivity contribution >= 4 is 43.8 Å². The van der Waals surface area contributed by atoms with Crippen LogP contribution in [-0.2, 0) is 4.74 Å². The van der Waals surface area contributed by atoms with E-state index in [-0.39, 0.29) is 8.95 Å². The molecule has 0 heterocycles. The Morgan fingerprint density at radius 1 is 0.862 bits per heavy atom. The molecule has 2 aromatic carbocycles. The molecule has 0 aromatic heterocycles. The molecule has 0 aliphatic carbocycles. The van der Waals surface area contributed by atoms with Gasteiger partial charge < -0.3 is 9.84 Å². The number of methoxy groups -OCH3 is 1. The number of ether oxygens (including phenoxy) is 1. The third-order valence-corrected chi connectivity index (χ3v) is 4.56. The average molecular weight is 552 g/mol. The number of hydrogen-bond donors (Lipinski definition) is 1. The number of carbonyl (C=O) groups is 2. The van der Waals surface area contributed by atoms with Gasteiger partial charge in [-0.05, 0) is 56.1 Å². The summed E-state index contributed by atoms with van der Waals surface area (Å²) in [6.45, 7) is 0. The molecular weight excluding hydrogens is 542 g/mol. The Balaban J connectivity index is 0.000000291. The molecule has 0 bridgehead atoms. The number of carboxylic acid groups (broad SMARTS) is 1. The van der Waals surface area contributed by atoms with Gasteiger partial charge in [-0.3, -0.25) is 0 Å². The molecule has 2 aromatic rings. The van der Waals surface area contributed by atoms with Crippen molar-refractivity contribution in [3.63, 3.8) is 0 Å². The van der Waals surface area contributed by atoms with Gasteiger partial charge in [0.05, 0.1) is 38.3 Å². The van der Waals surface area contributed by atoms with Crippen LogP contribution < -0.4 is 0 Å². The summed E-state index contributed by atoms with van der Waals surface area (Å²) in [7, 11) is 1.04. The lowest BCUT2D eigenvalue weighted by Gasteiger charge is -2.09. The summed E-state index contributed by atoms with van der Waals surface area (Å²) in [5.41, 5.74) is -3.22. The van der Waals surface area contributed by atoms with Gasteiger partial charge in [-0.1, -0.05) is 0 Å². The van der Waals surface area contributed by atoms with Crippen LogP contribution in [0.5, 0.6) is 0 Å². The van der Waals surface area contributed by atoms with Crippen molar-refractivity contribution in [2.75, 3.05) is 7.11 Å². The van der Waals surface area contributed by atoms with Crippen molar-refractivity contribution in [3.8, 4) is 0 Å². The van der Waals surface area contributed by atoms with E-state index in [0.717, 1.165) is 25.3 Å². The van der Waals surface area contributed by atoms with Crippen molar-refractivity contribution in [2.24, 2.45) is 0 Å². The third kappa shape index (κ3) is 5.95. The molecule has 0 amide bonds. The largest absolute Gasteiger partial charge is 0.478 e. The number of rotatable bonds is 4. The molecule has 0 saturated carbocycles. The number of alkyl halides is 4. The van der Waals surface area contributed by atoms with Crippen LogP contribution in [0.25, 0.3) is 0 Å². The molecule has 0 atom stereocenters. The summed E-state index contributed by atoms with van der Waals surface area (Å²) in [5, 5.41) is 8.51. The zero-order valence-corrected chi connectivity index (χ0v) is 17.3. The smallest absolute Gasteiger partial charge is 0.338 e. The van der Waals surface area contributed by atoms with Crippen molar-refractivity contribution in [1.82, 2.24) is 0 Å². The molecule has 1 N–H and O–H groups in total. The van der Waals surface area contributed by atoms with Gasteiger partial charge in [-0.25, -0.2) is 35.9 Å². The van der Waals surface area contributed by atoms with Crippen LogP contribution in [0.4, 0.5) is 26.3 Å². The van der Waals surface area contributed by atoms with Gasteiger partial charge in [0.25, 0.3) is 12.9 Å². The second kappa shape index (κ2) is 10.6. The van der Waals surface area contributed by atoms with E-state index >= 15 is 0 Å². The predicted molar refractivity (Wildman–Crippen MR) is 96.4 cm³/mol. The molecule has 12 heteroatoms. The maximum atomic E-state index is 13.3. The van der Waals surface area contributed by atoms with E-state index in [1.165, 1.54) is 6.07 Å². The molecule has 0 spiro atoms. The Bertz CT molecular complexity index is 921. The number of benzene rings is 2. The quantitative estimate of drug-likeness (QED) is 0.346. The van der Waals surface area contributed by atoms with E-state index in [2.05, 4.69) is 36.6 Å². The van der Waals surface area contributed by atoms with Crippen LogP contribution in [-0.4, -0.2) is 24.2 Å². The molecule has 0 radical (unpaired) electrons. The van der Waals surface area contributed by atoms with E-state index in [4.69, 9.17) is 5.11 Å². The SMILES string of the molecule is COC(=O)c1ccc(Br)c(F)c1C(F)F.O=C(O)c1ccc(Br)c(F)c1C(F)F. The summed E-state index contributed by atoms with van der Waals surface area (Å²) in [6, 6.07) is 4.26. The van der Waals surface area contributed by atoms with Crippen LogP contribution in [0.2, 0.25) is 0 Å². The summed E-state index contributed by atoms with van der Waals surface area (Å²) in [4.78, 5) is 21.5. The van der Waals surface area contributed by atoms with E-state index < -0.39 is 58.7 Å². The number of hydrogen-bond acceptors (Lipinski definition) is 3. The lowest BCUT2D eigenvalue weighted by molar-refractivity contribution is 0.0586. The molecule has 2 rings (SSSR count). The zero-order valence-electron chi connectivity index (χ0n) is 14.2. The van der Waals surface area contributed by atoms with Crippen LogP contribution in [0, 0.1) is 11.6 Å². The monoisotopic (exact) mass is 550 g/mol. The van der Waals surface area contributed by atoms with Crippen molar-refractivity contribution in [3.05, 3.63) is 67.1 Å². The molecule has 29 heavy (non-hydrogen) atoms.